The quantitative estimate of drug-likeness (QED) is 0.785. The minimum absolute atomic E-state index is 0.0576. The molecule has 1 aromatic heterocycles. The van der Waals surface area contributed by atoms with Crippen molar-refractivity contribution in [3.8, 4) is 5.75 Å². The zero-order valence-corrected chi connectivity index (χ0v) is 14.1. The smallest absolute Gasteiger partial charge is 0.141 e. The highest BCUT2D eigenvalue weighted by molar-refractivity contribution is 9.11. The first-order chi connectivity index (χ1) is 9.51. The second-order valence-corrected chi connectivity index (χ2v) is 5.94. The van der Waals surface area contributed by atoms with Gasteiger partial charge in [-0.3, -0.25) is 4.98 Å². The van der Waals surface area contributed by atoms with E-state index in [0.717, 1.165) is 26.1 Å². The molecule has 0 bridgehead atoms. The lowest BCUT2D eigenvalue weighted by Gasteiger charge is -2.17. The van der Waals surface area contributed by atoms with Crippen molar-refractivity contribution in [2.75, 3.05) is 12.4 Å². The number of ether oxygens (including phenoxy) is 1. The zero-order valence-electron chi connectivity index (χ0n) is 11.0. The van der Waals surface area contributed by atoms with E-state index in [0.29, 0.717) is 0 Å². The minimum Gasteiger partial charge on any atom is -0.495 e. The molecule has 0 aliphatic carbocycles. The summed E-state index contributed by atoms with van der Waals surface area (Å²) in [5.74, 6) is 0.391. The van der Waals surface area contributed by atoms with Crippen molar-refractivity contribution >= 4 is 37.5 Å². The molecule has 0 aliphatic rings. The largest absolute Gasteiger partial charge is 0.495 e. The van der Waals surface area contributed by atoms with E-state index >= 15 is 0 Å². The predicted molar refractivity (Wildman–Crippen MR) is 84.6 cm³/mol. The van der Waals surface area contributed by atoms with Crippen LogP contribution in [0.25, 0.3) is 0 Å². The van der Waals surface area contributed by atoms with Gasteiger partial charge in [-0.1, -0.05) is 0 Å². The first-order valence-electron chi connectivity index (χ1n) is 5.92. The number of hydrogen-bond acceptors (Lipinski definition) is 3. The second-order valence-electron chi connectivity index (χ2n) is 4.23. The number of anilines is 1. The van der Waals surface area contributed by atoms with E-state index in [1.165, 1.54) is 12.3 Å². The van der Waals surface area contributed by atoms with Crippen molar-refractivity contribution in [2.45, 2.75) is 13.0 Å². The van der Waals surface area contributed by atoms with Gasteiger partial charge in [0.1, 0.15) is 11.6 Å². The van der Waals surface area contributed by atoms with Gasteiger partial charge in [0, 0.05) is 10.5 Å². The lowest BCUT2D eigenvalue weighted by Crippen LogP contribution is -2.09. The molecule has 0 radical (unpaired) electrons. The number of hydrogen-bond donors (Lipinski definition) is 1. The molecule has 0 amide bonds. The van der Waals surface area contributed by atoms with Gasteiger partial charge in [0.15, 0.2) is 0 Å². The summed E-state index contributed by atoms with van der Waals surface area (Å²) in [5.41, 5.74) is 1.64. The molecule has 2 aromatic rings. The van der Waals surface area contributed by atoms with Gasteiger partial charge in [-0.15, -0.1) is 0 Å². The number of nitrogens with one attached hydrogen (secondary N) is 1. The molecule has 0 saturated carbocycles. The highest BCUT2D eigenvalue weighted by Crippen LogP contribution is 2.35. The lowest BCUT2D eigenvalue weighted by molar-refractivity contribution is 0.412. The normalized spacial score (nSPS) is 12.1. The van der Waals surface area contributed by atoms with E-state index in [2.05, 4.69) is 42.2 Å². The fourth-order valence-electron chi connectivity index (χ4n) is 1.75. The Hall–Kier alpha value is -1.14. The Morgan fingerprint density at radius 2 is 2.00 bits per heavy atom. The molecule has 1 heterocycles. The van der Waals surface area contributed by atoms with Crippen LogP contribution in [-0.2, 0) is 0 Å². The molecular formula is C14H13Br2FN2O. The summed E-state index contributed by atoms with van der Waals surface area (Å²) >= 11 is 6.92. The van der Waals surface area contributed by atoms with E-state index in [9.17, 15) is 4.39 Å². The maximum Gasteiger partial charge on any atom is 0.141 e. The number of methoxy groups -OCH3 is 1. The van der Waals surface area contributed by atoms with Gasteiger partial charge in [-0.2, -0.15) is 0 Å². The van der Waals surface area contributed by atoms with E-state index in [4.69, 9.17) is 4.74 Å². The summed E-state index contributed by atoms with van der Waals surface area (Å²) in [6, 6.07) is 6.80. The summed E-state index contributed by atoms with van der Waals surface area (Å²) in [4.78, 5) is 4.07. The van der Waals surface area contributed by atoms with Crippen molar-refractivity contribution in [2.24, 2.45) is 0 Å². The standard InChI is InChI=1S/C14H13Br2FN2O/c1-8(12-4-3-9(17)7-18-12)19-13-6-14(20-2)11(16)5-10(13)15/h3-8,19H,1-2H3. The van der Waals surface area contributed by atoms with Gasteiger partial charge in [0.05, 0.1) is 35.2 Å². The monoisotopic (exact) mass is 402 g/mol. The Bertz CT molecular complexity index is 605. The Morgan fingerprint density at radius 1 is 1.25 bits per heavy atom. The summed E-state index contributed by atoms with van der Waals surface area (Å²) < 4.78 is 19.9. The Labute approximate surface area is 133 Å². The molecule has 3 nitrogen and oxygen atoms in total. The van der Waals surface area contributed by atoms with Crippen molar-refractivity contribution < 1.29 is 9.13 Å². The molecule has 1 atom stereocenters. The van der Waals surface area contributed by atoms with E-state index in [1.807, 2.05) is 19.1 Å². The summed E-state index contributed by atoms with van der Waals surface area (Å²) in [6.45, 7) is 1.96. The van der Waals surface area contributed by atoms with Crippen LogP contribution in [0.3, 0.4) is 0 Å². The number of pyridine rings is 1. The SMILES string of the molecule is COc1cc(NC(C)c2ccc(F)cn2)c(Br)cc1Br. The van der Waals surface area contributed by atoms with Crippen molar-refractivity contribution in [1.82, 2.24) is 4.98 Å². The van der Waals surface area contributed by atoms with Crippen LogP contribution in [0, 0.1) is 5.82 Å². The molecule has 1 N–H and O–H groups in total. The van der Waals surface area contributed by atoms with Crippen LogP contribution < -0.4 is 10.1 Å². The van der Waals surface area contributed by atoms with Crippen LogP contribution in [0.4, 0.5) is 10.1 Å². The third kappa shape index (κ3) is 3.49. The van der Waals surface area contributed by atoms with Gasteiger partial charge in [0.2, 0.25) is 0 Å². The second kappa shape index (κ2) is 6.54. The van der Waals surface area contributed by atoms with Crippen LogP contribution >= 0.6 is 31.9 Å². The van der Waals surface area contributed by atoms with Gasteiger partial charge < -0.3 is 10.1 Å². The van der Waals surface area contributed by atoms with Gasteiger partial charge in [0.25, 0.3) is 0 Å². The number of halogens is 3. The maximum atomic E-state index is 12.9. The molecule has 6 heteroatoms. The Morgan fingerprint density at radius 3 is 2.60 bits per heavy atom. The van der Waals surface area contributed by atoms with Crippen LogP contribution in [0.1, 0.15) is 18.7 Å². The summed E-state index contributed by atoms with van der Waals surface area (Å²) in [7, 11) is 1.61. The molecule has 0 fully saturated rings. The molecule has 0 spiro atoms. The van der Waals surface area contributed by atoms with Crippen LogP contribution in [-0.4, -0.2) is 12.1 Å². The first kappa shape index (κ1) is 15.3. The molecule has 0 aliphatic heterocycles. The highest BCUT2D eigenvalue weighted by atomic mass is 79.9. The predicted octanol–water partition coefficient (Wildman–Crippen LogP) is 4.93. The summed E-state index contributed by atoms with van der Waals surface area (Å²) in [5, 5.41) is 3.32. The Balaban J connectivity index is 2.23. The van der Waals surface area contributed by atoms with Gasteiger partial charge in [-0.25, -0.2) is 4.39 Å². The van der Waals surface area contributed by atoms with E-state index in [-0.39, 0.29) is 11.9 Å². The molecular weight excluding hydrogens is 391 g/mol. The molecule has 1 aromatic carbocycles. The topological polar surface area (TPSA) is 34.1 Å². The maximum absolute atomic E-state index is 12.9. The van der Waals surface area contributed by atoms with Crippen molar-refractivity contribution in [1.29, 1.82) is 0 Å². The number of benzene rings is 1. The molecule has 0 saturated heterocycles. The van der Waals surface area contributed by atoms with Crippen molar-refractivity contribution in [3.05, 3.63) is 50.9 Å². The first-order valence-corrected chi connectivity index (χ1v) is 7.51. The highest BCUT2D eigenvalue weighted by Gasteiger charge is 2.12. The molecule has 2 rings (SSSR count). The fraction of sp³-hybridized carbons (Fsp3) is 0.214. The van der Waals surface area contributed by atoms with E-state index in [1.54, 1.807) is 13.2 Å². The lowest BCUT2D eigenvalue weighted by atomic mass is 10.2. The van der Waals surface area contributed by atoms with Gasteiger partial charge in [-0.05, 0) is 57.0 Å². The zero-order chi connectivity index (χ0) is 14.7. The average Bonchev–Trinajstić information content (AvgIpc) is 2.42. The molecule has 20 heavy (non-hydrogen) atoms. The number of nitrogens with zero attached hydrogens (tertiary/aromatic N) is 1. The minimum atomic E-state index is -0.340. The third-order valence-corrected chi connectivity index (χ3v) is 4.08. The Kier molecular flexibility index (Phi) is 4.99. The fourth-order valence-corrected chi connectivity index (χ4v) is 3.02. The third-order valence-electron chi connectivity index (χ3n) is 2.81. The number of aromatic nitrogens is 1. The van der Waals surface area contributed by atoms with Crippen LogP contribution in [0.2, 0.25) is 0 Å². The van der Waals surface area contributed by atoms with Crippen LogP contribution in [0.5, 0.6) is 5.75 Å². The molecule has 106 valence electrons. The van der Waals surface area contributed by atoms with E-state index < -0.39 is 0 Å². The molecule has 1 unspecified atom stereocenters. The average molecular weight is 404 g/mol. The van der Waals surface area contributed by atoms with Crippen molar-refractivity contribution in [3.63, 3.8) is 0 Å². The van der Waals surface area contributed by atoms with Crippen LogP contribution in [0.15, 0.2) is 39.4 Å². The summed E-state index contributed by atoms with van der Waals surface area (Å²) in [6.07, 6.45) is 1.21. The number of rotatable bonds is 4. The van der Waals surface area contributed by atoms with Gasteiger partial charge >= 0.3 is 0 Å².